The predicted octanol–water partition coefficient (Wildman–Crippen LogP) is 6.02. The predicted molar refractivity (Wildman–Crippen MR) is 215 cm³/mol. The number of benzene rings is 3. The number of fused-ring (bicyclic) bond motifs is 4. The van der Waals surface area contributed by atoms with Gasteiger partial charge in [-0.05, 0) is 82.0 Å². The first-order chi connectivity index (χ1) is 27.4. The number of amides is 3. The zero-order chi connectivity index (χ0) is 40.4. The number of rotatable bonds is 11. The molecule has 0 aromatic heterocycles. The number of ether oxygens (including phenoxy) is 4. The van der Waals surface area contributed by atoms with E-state index in [0.717, 1.165) is 35.1 Å². The minimum atomic E-state index is -0.937. The fraction of sp³-hybridized carbons (Fsp3) is 0.341. The van der Waals surface area contributed by atoms with Crippen LogP contribution in [-0.4, -0.2) is 84.5 Å². The number of carbonyl (C=O) groups is 3. The third kappa shape index (κ3) is 8.13. The van der Waals surface area contributed by atoms with Crippen LogP contribution < -0.4 is 24.3 Å². The van der Waals surface area contributed by atoms with Gasteiger partial charge in [-0.15, -0.1) is 0 Å². The Labute approximate surface area is 331 Å². The molecule has 0 fully saturated rings. The molecule has 294 valence electrons. The van der Waals surface area contributed by atoms with Crippen LogP contribution in [0.25, 0.3) is 0 Å². The number of nitrogens with one attached hydrogen (secondary N) is 1. The summed E-state index contributed by atoms with van der Waals surface area (Å²) in [6, 6.07) is 12.2. The van der Waals surface area contributed by atoms with Crippen molar-refractivity contribution in [2.24, 2.45) is 15.4 Å². The lowest BCUT2D eigenvalue weighted by molar-refractivity contribution is -0.130. The molecule has 4 aliphatic heterocycles. The van der Waals surface area contributed by atoms with Crippen LogP contribution in [0.5, 0.6) is 23.0 Å². The molecule has 13 nitrogen and oxygen atoms in total. The van der Waals surface area contributed by atoms with E-state index in [1.807, 2.05) is 44.4 Å². The van der Waals surface area contributed by atoms with Crippen LogP contribution in [0.15, 0.2) is 76.0 Å². The highest BCUT2D eigenvalue weighted by Crippen LogP contribution is 2.40. The maximum absolute atomic E-state index is 13.5. The summed E-state index contributed by atoms with van der Waals surface area (Å²) in [4.78, 5) is 52.1. The van der Waals surface area contributed by atoms with Gasteiger partial charge >= 0.3 is 0 Å². The largest absolute Gasteiger partial charge is 0.493 e. The molecule has 2 N–H and O–H groups in total. The van der Waals surface area contributed by atoms with Gasteiger partial charge in [0.2, 0.25) is 5.91 Å². The van der Waals surface area contributed by atoms with E-state index in [1.165, 1.54) is 14.2 Å². The zero-order valence-corrected chi connectivity index (χ0v) is 32.8. The van der Waals surface area contributed by atoms with Crippen LogP contribution in [0.4, 0.5) is 11.4 Å². The molecular formula is C44H45N5O8. The first kappa shape index (κ1) is 38.9. The van der Waals surface area contributed by atoms with Gasteiger partial charge in [0.15, 0.2) is 23.0 Å². The Kier molecular flexibility index (Phi) is 10.9. The standard InChI is InChI=1S/C44H45N5O8/c1-26-10-31-19-46-35-17-39(37(54-5)15-33(35)41(51)48(31)21-26)56-23-29-12-28(8-7-9-45-43(53)44(3,4)25-50)13-30(14-29)24-57-40-18-36-34(16-38(40)55-6)42(52)49-22-27(2)11-32(49)20-47-36/h12-22,31-32,50H,9-11,23-25H2,1-6H3,(H,45,53)/t31-,32-/m0/s1. The average molecular weight is 772 g/mol. The molecule has 4 heterocycles. The van der Waals surface area contributed by atoms with E-state index < -0.39 is 5.41 Å². The van der Waals surface area contributed by atoms with E-state index in [9.17, 15) is 19.5 Å². The molecule has 3 amide bonds. The van der Waals surface area contributed by atoms with Crippen LogP contribution in [0.3, 0.4) is 0 Å². The molecule has 0 unspecified atom stereocenters. The second kappa shape index (κ2) is 16.0. The van der Waals surface area contributed by atoms with Crippen LogP contribution in [0.1, 0.15) is 77.9 Å². The van der Waals surface area contributed by atoms with Crippen LogP contribution in [-0.2, 0) is 18.0 Å². The summed E-state index contributed by atoms with van der Waals surface area (Å²) in [5, 5.41) is 12.3. The molecule has 0 spiro atoms. The van der Waals surface area contributed by atoms with Crippen molar-refractivity contribution < 1.29 is 38.4 Å². The Morgan fingerprint density at radius 3 is 1.74 bits per heavy atom. The summed E-state index contributed by atoms with van der Waals surface area (Å²) in [6.45, 7) is 7.30. The van der Waals surface area contributed by atoms with Crippen molar-refractivity contribution >= 4 is 41.5 Å². The number of methoxy groups -OCH3 is 2. The summed E-state index contributed by atoms with van der Waals surface area (Å²) >= 11 is 0. The summed E-state index contributed by atoms with van der Waals surface area (Å²) in [6.07, 6.45) is 8.77. The lowest BCUT2D eigenvalue weighted by Crippen LogP contribution is -2.39. The summed E-state index contributed by atoms with van der Waals surface area (Å²) in [7, 11) is 3.04. The van der Waals surface area contributed by atoms with Gasteiger partial charge in [-0.3, -0.25) is 24.4 Å². The minimum Gasteiger partial charge on any atom is -0.493 e. The topological polar surface area (TPSA) is 152 Å². The summed E-state index contributed by atoms with van der Waals surface area (Å²) in [5.74, 6) is 7.10. The molecule has 7 rings (SSSR count). The Balaban J connectivity index is 1.14. The lowest BCUT2D eigenvalue weighted by Gasteiger charge is -2.19. The van der Waals surface area contributed by atoms with Crippen molar-refractivity contribution in [1.29, 1.82) is 0 Å². The SMILES string of the molecule is COc1cc2c(cc1OCc1cc(C#CCNC(=O)C(C)(C)CO)cc(COc3cc4c(cc3OC)C(=O)N3C=C(C)C[C@H]3C=N4)c1)N=C[C@@H]1CC(C)=CN1C2=O. The second-order valence-electron chi connectivity index (χ2n) is 15.2. The number of carbonyl (C=O) groups excluding carboxylic acids is 3. The number of nitrogens with zero attached hydrogens (tertiary/aromatic N) is 4. The molecule has 3 aromatic rings. The fourth-order valence-corrected chi connectivity index (χ4v) is 7.01. The number of aliphatic imine (C=N–C) groups is 2. The number of hydrogen-bond acceptors (Lipinski definition) is 10. The molecule has 3 aromatic carbocycles. The van der Waals surface area contributed by atoms with Gasteiger partial charge in [-0.25, -0.2) is 0 Å². The van der Waals surface area contributed by atoms with Gasteiger partial charge in [0.05, 0.1) is 67.4 Å². The van der Waals surface area contributed by atoms with E-state index in [1.54, 1.807) is 60.3 Å². The maximum Gasteiger partial charge on any atom is 0.260 e. The van der Waals surface area contributed by atoms with Crippen LogP contribution in [0.2, 0.25) is 0 Å². The van der Waals surface area contributed by atoms with Crippen molar-refractivity contribution in [3.63, 3.8) is 0 Å². The minimum absolute atomic E-state index is 0.0766. The first-order valence-corrected chi connectivity index (χ1v) is 18.7. The van der Waals surface area contributed by atoms with Crippen molar-refractivity contribution in [2.45, 2.75) is 65.8 Å². The summed E-state index contributed by atoms with van der Waals surface area (Å²) in [5.41, 5.74) is 5.27. The third-order valence-electron chi connectivity index (χ3n) is 10.2. The van der Waals surface area contributed by atoms with Gasteiger partial charge in [-0.2, -0.15) is 0 Å². The molecule has 13 heteroatoms. The van der Waals surface area contributed by atoms with Gasteiger partial charge in [0, 0.05) is 42.5 Å². The normalized spacial score (nSPS) is 17.9. The fourth-order valence-electron chi connectivity index (χ4n) is 7.01. The quantitative estimate of drug-likeness (QED) is 0.225. The molecule has 4 aliphatic rings. The average Bonchev–Trinajstić information content (AvgIpc) is 3.72. The van der Waals surface area contributed by atoms with Crippen molar-refractivity contribution in [1.82, 2.24) is 15.1 Å². The Morgan fingerprint density at radius 1 is 0.789 bits per heavy atom. The maximum atomic E-state index is 13.5. The Bertz CT molecular complexity index is 2200. The van der Waals surface area contributed by atoms with E-state index in [2.05, 4.69) is 27.1 Å². The molecule has 0 bridgehead atoms. The van der Waals surface area contributed by atoms with Crippen molar-refractivity contribution in [3.05, 3.63) is 93.8 Å². The van der Waals surface area contributed by atoms with Crippen LogP contribution >= 0.6 is 0 Å². The monoisotopic (exact) mass is 771 g/mol. The summed E-state index contributed by atoms with van der Waals surface area (Å²) < 4.78 is 24.0. The molecule has 0 saturated heterocycles. The van der Waals surface area contributed by atoms with E-state index in [0.29, 0.717) is 51.1 Å². The lowest BCUT2D eigenvalue weighted by atomic mass is 9.94. The molecule has 0 radical (unpaired) electrons. The molecule has 0 aliphatic carbocycles. The van der Waals surface area contributed by atoms with E-state index in [4.69, 9.17) is 18.9 Å². The van der Waals surface area contributed by atoms with Crippen molar-refractivity contribution in [3.8, 4) is 34.8 Å². The molecule has 57 heavy (non-hydrogen) atoms. The van der Waals surface area contributed by atoms with Crippen molar-refractivity contribution in [2.75, 3.05) is 27.4 Å². The highest BCUT2D eigenvalue weighted by atomic mass is 16.5. The van der Waals surface area contributed by atoms with E-state index in [-0.39, 0.29) is 56.2 Å². The number of aliphatic hydroxyl groups excluding tert-OH is 1. The Hall–Kier alpha value is -6.39. The molecular weight excluding hydrogens is 727 g/mol. The zero-order valence-electron chi connectivity index (χ0n) is 32.8. The smallest absolute Gasteiger partial charge is 0.260 e. The number of hydrogen-bond donors (Lipinski definition) is 2. The molecule has 2 atom stereocenters. The van der Waals surface area contributed by atoms with Gasteiger partial charge in [0.1, 0.15) is 13.2 Å². The van der Waals surface area contributed by atoms with Gasteiger partial charge < -0.3 is 39.2 Å². The first-order valence-electron chi connectivity index (χ1n) is 18.7. The van der Waals surface area contributed by atoms with E-state index >= 15 is 0 Å². The number of aliphatic hydroxyl groups is 1. The van der Waals surface area contributed by atoms with Crippen LogP contribution in [0, 0.1) is 17.3 Å². The highest BCUT2D eigenvalue weighted by molar-refractivity contribution is 6.05. The van der Waals surface area contributed by atoms with Gasteiger partial charge in [-0.1, -0.05) is 23.0 Å². The molecule has 0 saturated carbocycles. The van der Waals surface area contributed by atoms with Gasteiger partial charge in [0.25, 0.3) is 11.8 Å². The third-order valence-corrected chi connectivity index (χ3v) is 10.2. The highest BCUT2D eigenvalue weighted by Gasteiger charge is 2.33. The second-order valence-corrected chi connectivity index (χ2v) is 15.2. The Morgan fingerprint density at radius 2 is 1.28 bits per heavy atom.